The summed E-state index contributed by atoms with van der Waals surface area (Å²) in [6.45, 7) is 0. The zero-order valence-electron chi connectivity index (χ0n) is 11.5. The van der Waals surface area contributed by atoms with Crippen LogP contribution in [0.15, 0.2) is 28.8 Å². The van der Waals surface area contributed by atoms with Gasteiger partial charge in [0.05, 0.1) is 6.04 Å². The van der Waals surface area contributed by atoms with Gasteiger partial charge in [-0.05, 0) is 49.1 Å². The Labute approximate surface area is 118 Å². The molecule has 0 bridgehead atoms. The molecule has 2 aliphatic rings. The second-order valence-electron chi connectivity index (χ2n) is 6.00. The minimum absolute atomic E-state index is 0.0740. The van der Waals surface area contributed by atoms with Crippen LogP contribution in [0.25, 0.3) is 0 Å². The summed E-state index contributed by atoms with van der Waals surface area (Å²) in [7, 11) is 0. The van der Waals surface area contributed by atoms with E-state index in [9.17, 15) is 0 Å². The quantitative estimate of drug-likeness (QED) is 0.930. The van der Waals surface area contributed by atoms with Gasteiger partial charge >= 0.3 is 0 Å². The second-order valence-corrected chi connectivity index (χ2v) is 6.00. The van der Waals surface area contributed by atoms with E-state index in [4.69, 9.17) is 10.3 Å². The Morgan fingerprint density at radius 2 is 2.05 bits per heavy atom. The molecule has 0 spiro atoms. The van der Waals surface area contributed by atoms with Crippen LogP contribution >= 0.6 is 0 Å². The van der Waals surface area contributed by atoms with Gasteiger partial charge in [0.2, 0.25) is 5.89 Å². The van der Waals surface area contributed by atoms with Gasteiger partial charge in [-0.1, -0.05) is 29.4 Å². The number of hydrogen-bond acceptors (Lipinski definition) is 4. The lowest BCUT2D eigenvalue weighted by Gasteiger charge is -2.22. The molecule has 4 rings (SSSR count). The van der Waals surface area contributed by atoms with Crippen molar-refractivity contribution in [2.45, 2.75) is 44.1 Å². The number of benzene rings is 1. The first kappa shape index (κ1) is 12.1. The molecule has 1 aromatic heterocycles. The van der Waals surface area contributed by atoms with Gasteiger partial charge in [-0.25, -0.2) is 0 Å². The van der Waals surface area contributed by atoms with Crippen LogP contribution in [0.5, 0.6) is 0 Å². The minimum Gasteiger partial charge on any atom is -0.338 e. The predicted molar refractivity (Wildman–Crippen MR) is 75.2 cm³/mol. The van der Waals surface area contributed by atoms with Crippen molar-refractivity contribution in [3.8, 4) is 0 Å². The molecule has 2 atom stereocenters. The van der Waals surface area contributed by atoms with Crippen molar-refractivity contribution in [3.05, 3.63) is 47.1 Å². The number of nitrogens with zero attached hydrogens (tertiary/aromatic N) is 2. The molecule has 2 aliphatic carbocycles. The highest BCUT2D eigenvalue weighted by molar-refractivity contribution is 5.36. The summed E-state index contributed by atoms with van der Waals surface area (Å²) in [5.41, 5.74) is 8.91. The van der Waals surface area contributed by atoms with Crippen molar-refractivity contribution in [2.75, 3.05) is 0 Å². The molecule has 2 N–H and O–H groups in total. The number of aromatic nitrogens is 2. The van der Waals surface area contributed by atoms with Crippen LogP contribution in [0.2, 0.25) is 0 Å². The molecule has 4 heteroatoms. The normalized spacial score (nSPS) is 23.4. The smallest absolute Gasteiger partial charge is 0.243 e. The van der Waals surface area contributed by atoms with Crippen LogP contribution in [0, 0.1) is 5.92 Å². The molecule has 2 unspecified atom stereocenters. The summed E-state index contributed by atoms with van der Waals surface area (Å²) in [6.07, 6.45) is 5.80. The first-order valence-electron chi connectivity index (χ1n) is 7.50. The molecular weight excluding hydrogens is 250 g/mol. The van der Waals surface area contributed by atoms with Gasteiger partial charge in [0.15, 0.2) is 5.82 Å². The van der Waals surface area contributed by atoms with Crippen molar-refractivity contribution in [2.24, 2.45) is 11.7 Å². The zero-order chi connectivity index (χ0) is 13.5. The predicted octanol–water partition coefficient (Wildman–Crippen LogP) is 2.95. The lowest BCUT2D eigenvalue weighted by molar-refractivity contribution is 0.338. The van der Waals surface area contributed by atoms with Crippen molar-refractivity contribution < 1.29 is 4.52 Å². The molecule has 104 valence electrons. The number of aryl methyl sites for hydroxylation is 1. The Bertz CT molecular complexity index is 618. The molecule has 4 nitrogen and oxygen atoms in total. The summed E-state index contributed by atoms with van der Waals surface area (Å²) < 4.78 is 5.41. The molecule has 0 saturated heterocycles. The molecule has 2 aromatic rings. The fourth-order valence-electron chi connectivity index (χ4n) is 3.20. The Balaban J connectivity index is 1.65. The molecule has 0 amide bonds. The SMILES string of the molecule is NC(c1nc(C2CCCc3ccccc32)no1)C1CC1. The van der Waals surface area contributed by atoms with E-state index in [-0.39, 0.29) is 12.0 Å². The summed E-state index contributed by atoms with van der Waals surface area (Å²) in [5, 5.41) is 4.20. The van der Waals surface area contributed by atoms with Crippen LogP contribution in [0.1, 0.15) is 60.5 Å². The maximum Gasteiger partial charge on any atom is 0.243 e. The van der Waals surface area contributed by atoms with Gasteiger partial charge in [-0.2, -0.15) is 4.98 Å². The van der Waals surface area contributed by atoms with Crippen molar-refractivity contribution in [1.29, 1.82) is 0 Å². The van der Waals surface area contributed by atoms with E-state index in [2.05, 4.69) is 34.4 Å². The third kappa shape index (κ3) is 2.04. The van der Waals surface area contributed by atoms with Crippen molar-refractivity contribution >= 4 is 0 Å². The van der Waals surface area contributed by atoms with E-state index < -0.39 is 0 Å². The monoisotopic (exact) mass is 269 g/mol. The third-order valence-corrected chi connectivity index (χ3v) is 4.55. The minimum atomic E-state index is -0.0740. The van der Waals surface area contributed by atoms with Crippen LogP contribution in [0.4, 0.5) is 0 Å². The third-order valence-electron chi connectivity index (χ3n) is 4.55. The maximum absolute atomic E-state index is 6.14. The first-order chi connectivity index (χ1) is 9.83. The highest BCUT2D eigenvalue weighted by Crippen LogP contribution is 2.40. The van der Waals surface area contributed by atoms with E-state index in [1.165, 1.54) is 30.4 Å². The summed E-state index contributed by atoms with van der Waals surface area (Å²) in [6, 6.07) is 8.52. The second kappa shape index (κ2) is 4.70. The first-order valence-corrected chi connectivity index (χ1v) is 7.50. The average Bonchev–Trinajstić information content (AvgIpc) is 3.23. The van der Waals surface area contributed by atoms with Crippen LogP contribution < -0.4 is 5.73 Å². The van der Waals surface area contributed by atoms with Crippen molar-refractivity contribution in [3.63, 3.8) is 0 Å². The number of hydrogen-bond donors (Lipinski definition) is 1. The van der Waals surface area contributed by atoms with Gasteiger partial charge < -0.3 is 10.3 Å². The fraction of sp³-hybridized carbons (Fsp3) is 0.500. The summed E-state index contributed by atoms with van der Waals surface area (Å²) >= 11 is 0. The van der Waals surface area contributed by atoms with Crippen LogP contribution in [-0.2, 0) is 6.42 Å². The van der Waals surface area contributed by atoms with Gasteiger partial charge in [-0.15, -0.1) is 0 Å². The topological polar surface area (TPSA) is 64.9 Å². The van der Waals surface area contributed by atoms with Gasteiger partial charge in [0.1, 0.15) is 0 Å². The van der Waals surface area contributed by atoms with E-state index in [0.717, 1.165) is 18.7 Å². The molecule has 1 heterocycles. The zero-order valence-corrected chi connectivity index (χ0v) is 11.5. The fourth-order valence-corrected chi connectivity index (χ4v) is 3.20. The Morgan fingerprint density at radius 3 is 2.90 bits per heavy atom. The lowest BCUT2D eigenvalue weighted by Crippen LogP contribution is -2.14. The molecule has 1 saturated carbocycles. The van der Waals surface area contributed by atoms with Crippen molar-refractivity contribution in [1.82, 2.24) is 10.1 Å². The molecule has 0 aliphatic heterocycles. The highest BCUT2D eigenvalue weighted by atomic mass is 16.5. The largest absolute Gasteiger partial charge is 0.338 e. The summed E-state index contributed by atoms with van der Waals surface area (Å²) in [4.78, 5) is 4.59. The van der Waals surface area contributed by atoms with E-state index in [1.54, 1.807) is 0 Å². The van der Waals surface area contributed by atoms with E-state index >= 15 is 0 Å². The van der Waals surface area contributed by atoms with E-state index in [0.29, 0.717) is 11.8 Å². The summed E-state index contributed by atoms with van der Waals surface area (Å²) in [5.74, 6) is 2.24. The standard InChI is InChI=1S/C16H19N3O/c17-14(11-8-9-11)16-18-15(19-20-16)13-7-3-5-10-4-1-2-6-12(10)13/h1-2,4,6,11,13-14H,3,5,7-9,17H2. The molecule has 1 aromatic carbocycles. The van der Waals surface area contributed by atoms with Gasteiger partial charge in [0, 0.05) is 5.92 Å². The average molecular weight is 269 g/mol. The molecular formula is C16H19N3O. The van der Waals surface area contributed by atoms with Gasteiger partial charge in [-0.3, -0.25) is 0 Å². The highest BCUT2D eigenvalue weighted by Gasteiger charge is 2.34. The van der Waals surface area contributed by atoms with Crippen LogP contribution in [-0.4, -0.2) is 10.1 Å². The lowest BCUT2D eigenvalue weighted by atomic mass is 9.82. The molecule has 20 heavy (non-hydrogen) atoms. The Kier molecular flexibility index (Phi) is 2.84. The number of rotatable bonds is 3. The van der Waals surface area contributed by atoms with E-state index in [1.807, 2.05) is 0 Å². The Morgan fingerprint density at radius 1 is 1.20 bits per heavy atom. The molecule has 1 fully saturated rings. The maximum atomic E-state index is 6.14. The number of fused-ring (bicyclic) bond motifs is 1. The molecule has 0 radical (unpaired) electrons. The van der Waals surface area contributed by atoms with Crippen LogP contribution in [0.3, 0.4) is 0 Å². The number of nitrogens with two attached hydrogens (primary N) is 1. The van der Waals surface area contributed by atoms with Gasteiger partial charge in [0.25, 0.3) is 0 Å². The Hall–Kier alpha value is -1.68.